The summed E-state index contributed by atoms with van der Waals surface area (Å²) in [6.45, 7) is 6.22. The molecule has 1 atom stereocenters. The van der Waals surface area contributed by atoms with Crippen LogP contribution in [0.1, 0.15) is 51.4 Å². The molecule has 0 aromatic carbocycles. The molecular weight excluding hydrogens is 226 g/mol. The zero-order chi connectivity index (χ0) is 11.1. The molecule has 1 heterocycles. The van der Waals surface area contributed by atoms with Gasteiger partial charge in [0, 0.05) is 6.42 Å². The van der Waals surface area contributed by atoms with E-state index in [1.54, 1.807) is 0 Å². The van der Waals surface area contributed by atoms with Gasteiger partial charge in [0.15, 0.2) is 5.82 Å². The van der Waals surface area contributed by atoms with Crippen molar-refractivity contribution in [2.24, 2.45) is 17.1 Å². The highest BCUT2D eigenvalue weighted by Gasteiger charge is 2.29. The van der Waals surface area contributed by atoms with Crippen molar-refractivity contribution in [3.05, 3.63) is 11.7 Å². The predicted octanol–water partition coefficient (Wildman–Crippen LogP) is 2.49. The highest BCUT2D eigenvalue weighted by Crippen LogP contribution is 2.33. The number of nitrogens with zero attached hydrogens (tertiary/aromatic N) is 2. The van der Waals surface area contributed by atoms with Gasteiger partial charge < -0.3 is 10.3 Å². The summed E-state index contributed by atoms with van der Waals surface area (Å²) in [6, 6.07) is -0.182. The molecular formula is C11H20ClN3O. The lowest BCUT2D eigenvalue weighted by molar-refractivity contribution is 0.252. The van der Waals surface area contributed by atoms with E-state index in [1.807, 2.05) is 0 Å². The number of rotatable bonds is 3. The van der Waals surface area contributed by atoms with Crippen molar-refractivity contribution >= 4 is 12.4 Å². The Morgan fingerprint density at radius 2 is 2.06 bits per heavy atom. The Labute approximate surface area is 102 Å². The third-order valence-electron chi connectivity index (χ3n) is 2.85. The maximum atomic E-state index is 6.04. The van der Waals surface area contributed by atoms with E-state index in [2.05, 4.69) is 30.9 Å². The van der Waals surface area contributed by atoms with Gasteiger partial charge in [0.05, 0.1) is 6.04 Å². The van der Waals surface area contributed by atoms with E-state index in [-0.39, 0.29) is 23.9 Å². The summed E-state index contributed by atoms with van der Waals surface area (Å²) in [6.07, 6.45) is 3.55. The molecule has 1 aromatic rings. The van der Waals surface area contributed by atoms with Crippen LogP contribution in [0.15, 0.2) is 4.52 Å². The fourth-order valence-corrected chi connectivity index (χ4v) is 1.43. The Kier molecular flexibility index (Phi) is 3.97. The molecule has 92 valence electrons. The quantitative estimate of drug-likeness (QED) is 0.889. The Bertz CT molecular complexity index is 341. The van der Waals surface area contributed by atoms with Gasteiger partial charge in [-0.05, 0) is 24.2 Å². The zero-order valence-electron chi connectivity index (χ0n) is 10.1. The molecule has 0 radical (unpaired) electrons. The lowest BCUT2D eigenvalue weighted by Gasteiger charge is -2.23. The van der Waals surface area contributed by atoms with Crippen LogP contribution >= 0.6 is 12.4 Å². The van der Waals surface area contributed by atoms with E-state index in [4.69, 9.17) is 10.3 Å². The first kappa shape index (κ1) is 13.5. The van der Waals surface area contributed by atoms with Gasteiger partial charge in [0.2, 0.25) is 5.89 Å². The molecule has 2 rings (SSSR count). The van der Waals surface area contributed by atoms with Crippen LogP contribution in [0.4, 0.5) is 0 Å². The minimum atomic E-state index is -0.182. The maximum Gasteiger partial charge on any atom is 0.244 e. The first-order valence-electron chi connectivity index (χ1n) is 5.55. The van der Waals surface area contributed by atoms with Crippen molar-refractivity contribution in [3.8, 4) is 0 Å². The van der Waals surface area contributed by atoms with Gasteiger partial charge in [0.1, 0.15) is 0 Å². The molecule has 16 heavy (non-hydrogen) atoms. The van der Waals surface area contributed by atoms with Gasteiger partial charge in [0.25, 0.3) is 0 Å². The lowest BCUT2D eigenvalue weighted by Crippen LogP contribution is -2.26. The van der Waals surface area contributed by atoms with E-state index >= 15 is 0 Å². The van der Waals surface area contributed by atoms with Crippen LogP contribution in [0.25, 0.3) is 0 Å². The van der Waals surface area contributed by atoms with Crippen molar-refractivity contribution in [1.29, 1.82) is 0 Å². The predicted molar refractivity (Wildman–Crippen MR) is 64.4 cm³/mol. The molecule has 0 aliphatic heterocycles. The van der Waals surface area contributed by atoms with E-state index in [0.29, 0.717) is 5.89 Å². The van der Waals surface area contributed by atoms with Crippen molar-refractivity contribution in [1.82, 2.24) is 10.1 Å². The van der Waals surface area contributed by atoms with Gasteiger partial charge >= 0.3 is 0 Å². The summed E-state index contributed by atoms with van der Waals surface area (Å²) in [4.78, 5) is 4.35. The second kappa shape index (κ2) is 4.72. The Morgan fingerprint density at radius 3 is 2.56 bits per heavy atom. The van der Waals surface area contributed by atoms with Gasteiger partial charge in [-0.3, -0.25) is 0 Å². The topological polar surface area (TPSA) is 64.9 Å². The first-order valence-corrected chi connectivity index (χ1v) is 5.55. The van der Waals surface area contributed by atoms with Gasteiger partial charge in [-0.1, -0.05) is 25.9 Å². The molecule has 5 heteroatoms. The van der Waals surface area contributed by atoms with E-state index in [0.717, 1.165) is 18.2 Å². The molecule has 2 N–H and O–H groups in total. The molecule has 0 bridgehead atoms. The van der Waals surface area contributed by atoms with E-state index < -0.39 is 0 Å². The lowest BCUT2D eigenvalue weighted by atomic mass is 9.87. The highest BCUT2D eigenvalue weighted by molar-refractivity contribution is 5.85. The normalized spacial score (nSPS) is 18.0. The number of aromatic nitrogens is 2. The Hall–Kier alpha value is -0.610. The van der Waals surface area contributed by atoms with Crippen LogP contribution in [0.5, 0.6) is 0 Å². The van der Waals surface area contributed by atoms with Crippen LogP contribution in [0.3, 0.4) is 0 Å². The third-order valence-corrected chi connectivity index (χ3v) is 2.85. The summed E-state index contributed by atoms with van der Waals surface area (Å²) in [7, 11) is 0. The van der Waals surface area contributed by atoms with Gasteiger partial charge in [-0.15, -0.1) is 12.4 Å². The smallest absolute Gasteiger partial charge is 0.244 e. The summed E-state index contributed by atoms with van der Waals surface area (Å²) in [5, 5.41) is 3.96. The fourth-order valence-electron chi connectivity index (χ4n) is 1.43. The minimum Gasteiger partial charge on any atom is -0.338 e. The van der Waals surface area contributed by atoms with Crippen molar-refractivity contribution in [2.45, 2.75) is 46.1 Å². The highest BCUT2D eigenvalue weighted by atomic mass is 35.5. The number of hydrogen-bond acceptors (Lipinski definition) is 4. The molecule has 1 fully saturated rings. The molecule has 0 saturated heterocycles. The van der Waals surface area contributed by atoms with Crippen LogP contribution in [0, 0.1) is 11.3 Å². The summed E-state index contributed by atoms with van der Waals surface area (Å²) in [5.74, 6) is 2.16. The summed E-state index contributed by atoms with van der Waals surface area (Å²) >= 11 is 0. The SMILES string of the molecule is CC(C)(C)[C@H](N)c1nc(CC2CC2)no1.Cl. The van der Waals surface area contributed by atoms with Crippen LogP contribution in [-0.4, -0.2) is 10.1 Å². The largest absolute Gasteiger partial charge is 0.338 e. The average molecular weight is 246 g/mol. The number of halogens is 1. The molecule has 4 nitrogen and oxygen atoms in total. The number of hydrogen-bond donors (Lipinski definition) is 1. The third kappa shape index (κ3) is 3.19. The molecule has 0 spiro atoms. The molecule has 0 amide bonds. The standard InChI is InChI=1S/C11H19N3O.ClH/c1-11(2,3)9(12)10-13-8(14-15-10)6-7-4-5-7;/h7,9H,4-6,12H2,1-3H3;1H/t9-;/m1./s1. The van der Waals surface area contributed by atoms with Crippen LogP contribution in [0.2, 0.25) is 0 Å². The van der Waals surface area contributed by atoms with Crippen LogP contribution in [-0.2, 0) is 6.42 Å². The van der Waals surface area contributed by atoms with Gasteiger partial charge in [-0.25, -0.2) is 0 Å². The van der Waals surface area contributed by atoms with E-state index in [1.165, 1.54) is 12.8 Å². The van der Waals surface area contributed by atoms with Gasteiger partial charge in [-0.2, -0.15) is 4.98 Å². The molecule has 1 aliphatic carbocycles. The molecule has 1 aliphatic rings. The van der Waals surface area contributed by atoms with Crippen molar-refractivity contribution < 1.29 is 4.52 Å². The monoisotopic (exact) mass is 245 g/mol. The van der Waals surface area contributed by atoms with Crippen LogP contribution < -0.4 is 5.73 Å². The van der Waals surface area contributed by atoms with Crippen molar-refractivity contribution in [3.63, 3.8) is 0 Å². The second-order valence-corrected chi connectivity index (χ2v) is 5.54. The number of nitrogens with two attached hydrogens (primary N) is 1. The fraction of sp³-hybridized carbons (Fsp3) is 0.818. The zero-order valence-corrected chi connectivity index (χ0v) is 10.9. The Balaban J connectivity index is 0.00000128. The summed E-state index contributed by atoms with van der Waals surface area (Å²) in [5.41, 5.74) is 6.00. The second-order valence-electron chi connectivity index (χ2n) is 5.54. The summed E-state index contributed by atoms with van der Waals surface area (Å²) < 4.78 is 5.20. The van der Waals surface area contributed by atoms with Crippen molar-refractivity contribution in [2.75, 3.05) is 0 Å². The first-order chi connectivity index (χ1) is 6.97. The average Bonchev–Trinajstić information content (AvgIpc) is 2.80. The minimum absolute atomic E-state index is 0. The Morgan fingerprint density at radius 1 is 1.44 bits per heavy atom. The molecule has 1 saturated carbocycles. The van der Waals surface area contributed by atoms with E-state index in [9.17, 15) is 0 Å². The maximum absolute atomic E-state index is 6.04. The molecule has 0 unspecified atom stereocenters. The molecule has 1 aromatic heterocycles.